The molecule has 1 unspecified atom stereocenters. The highest BCUT2D eigenvalue weighted by molar-refractivity contribution is 5.98. The number of nitrogens with two attached hydrogens (primary N) is 1. The molecular formula is C31H32F2N4O3. The van der Waals surface area contributed by atoms with Gasteiger partial charge >= 0.3 is 6.11 Å². The molecule has 1 aromatic heterocycles. The van der Waals surface area contributed by atoms with Crippen LogP contribution < -0.4 is 20.7 Å². The van der Waals surface area contributed by atoms with E-state index in [0.717, 1.165) is 40.8 Å². The number of aromatic nitrogens is 1. The zero-order chi connectivity index (χ0) is 28.1. The van der Waals surface area contributed by atoms with Crippen molar-refractivity contribution >= 4 is 22.5 Å². The van der Waals surface area contributed by atoms with Crippen LogP contribution >= 0.6 is 0 Å². The predicted octanol–water partition coefficient (Wildman–Crippen LogP) is 5.13. The van der Waals surface area contributed by atoms with Crippen LogP contribution in [0.2, 0.25) is 0 Å². The molecule has 1 amide bonds. The summed E-state index contributed by atoms with van der Waals surface area (Å²) in [6, 6.07) is 19.9. The number of para-hydroxylation sites is 1. The maximum Gasteiger partial charge on any atom is 0.419 e. The van der Waals surface area contributed by atoms with Crippen molar-refractivity contribution < 1.29 is 23.0 Å². The van der Waals surface area contributed by atoms with Gasteiger partial charge in [-0.3, -0.25) is 4.79 Å². The lowest BCUT2D eigenvalue weighted by Crippen LogP contribution is -2.42. The van der Waals surface area contributed by atoms with E-state index in [1.54, 1.807) is 12.1 Å². The Kier molecular flexibility index (Phi) is 8.14. The van der Waals surface area contributed by atoms with Crippen molar-refractivity contribution in [2.45, 2.75) is 18.6 Å². The van der Waals surface area contributed by atoms with Gasteiger partial charge in [0.05, 0.1) is 18.8 Å². The molecule has 1 aliphatic heterocycles. The molecule has 7 nitrogen and oxygen atoms in total. The zero-order valence-corrected chi connectivity index (χ0v) is 22.0. The first-order valence-corrected chi connectivity index (χ1v) is 13.2. The fourth-order valence-electron chi connectivity index (χ4n) is 4.87. The number of alkyl halides is 2. The molecule has 5 rings (SSSR count). The molecule has 1 saturated heterocycles. The number of anilines is 1. The fraction of sp³-hybridized carbons (Fsp3) is 0.258. The minimum absolute atomic E-state index is 0.0198. The van der Waals surface area contributed by atoms with Crippen molar-refractivity contribution in [2.24, 2.45) is 5.73 Å². The number of halogens is 2. The molecule has 3 aromatic carbocycles. The zero-order valence-electron chi connectivity index (χ0n) is 22.0. The van der Waals surface area contributed by atoms with Gasteiger partial charge in [0.1, 0.15) is 5.75 Å². The number of nitrogens with one attached hydrogen (secondary N) is 2. The van der Waals surface area contributed by atoms with Gasteiger partial charge in [-0.25, -0.2) is 0 Å². The average Bonchev–Trinajstić information content (AvgIpc) is 3.40. The smallest absolute Gasteiger partial charge is 0.419 e. The summed E-state index contributed by atoms with van der Waals surface area (Å²) in [5.41, 5.74) is 10.6. The molecule has 0 radical (unpaired) electrons. The summed E-state index contributed by atoms with van der Waals surface area (Å²) in [6.45, 7) is 6.29. The van der Waals surface area contributed by atoms with Gasteiger partial charge in [0, 0.05) is 54.5 Å². The van der Waals surface area contributed by atoms with Crippen molar-refractivity contribution in [3.63, 3.8) is 0 Å². The molecule has 1 aliphatic rings. The largest absolute Gasteiger partial charge is 0.429 e. The number of benzene rings is 3. The third kappa shape index (κ3) is 6.16. The summed E-state index contributed by atoms with van der Waals surface area (Å²) in [4.78, 5) is 19.0. The number of carbonyl (C=O) groups excluding carboxylic acids is 1. The third-order valence-corrected chi connectivity index (χ3v) is 7.05. The van der Waals surface area contributed by atoms with E-state index in [1.165, 1.54) is 6.07 Å². The first-order valence-electron chi connectivity index (χ1n) is 13.2. The highest BCUT2D eigenvalue weighted by Crippen LogP contribution is 2.32. The SMILES string of the molecule is C=CC(F)(F)Oc1ccc(-c2ccc(N3CCOCC3)cc2)cc1C(=O)NC(CN)Cc1c[nH]c2ccccc12. The van der Waals surface area contributed by atoms with Crippen LogP contribution in [0.4, 0.5) is 14.5 Å². The first-order chi connectivity index (χ1) is 19.4. The lowest BCUT2D eigenvalue weighted by molar-refractivity contribution is -0.131. The van der Waals surface area contributed by atoms with Gasteiger partial charge in [-0.15, -0.1) is 0 Å². The molecule has 0 bridgehead atoms. The maximum atomic E-state index is 14.1. The van der Waals surface area contributed by atoms with Crippen LogP contribution in [0.15, 0.2) is 85.6 Å². The number of ether oxygens (including phenoxy) is 2. The Morgan fingerprint density at radius 1 is 1.12 bits per heavy atom. The number of aromatic amines is 1. The van der Waals surface area contributed by atoms with Gasteiger partial charge in [-0.1, -0.05) is 43.0 Å². The molecule has 2 heterocycles. The van der Waals surface area contributed by atoms with Crippen molar-refractivity contribution in [2.75, 3.05) is 37.7 Å². The minimum atomic E-state index is -3.65. The van der Waals surface area contributed by atoms with Crippen LogP contribution in [0.5, 0.6) is 5.75 Å². The molecule has 9 heteroatoms. The predicted molar refractivity (Wildman–Crippen MR) is 153 cm³/mol. The second kappa shape index (κ2) is 11.9. The Morgan fingerprint density at radius 3 is 2.58 bits per heavy atom. The van der Waals surface area contributed by atoms with E-state index >= 15 is 0 Å². The van der Waals surface area contributed by atoms with Crippen molar-refractivity contribution in [3.8, 4) is 16.9 Å². The average molecular weight is 547 g/mol. The van der Waals surface area contributed by atoms with Crippen molar-refractivity contribution in [1.82, 2.24) is 10.3 Å². The number of fused-ring (bicyclic) bond motifs is 1. The van der Waals surface area contributed by atoms with E-state index < -0.39 is 18.1 Å². The summed E-state index contributed by atoms with van der Waals surface area (Å²) < 4.78 is 38.6. The topological polar surface area (TPSA) is 92.6 Å². The molecule has 40 heavy (non-hydrogen) atoms. The van der Waals surface area contributed by atoms with Gasteiger partial charge < -0.3 is 30.4 Å². The number of amides is 1. The Hall–Kier alpha value is -4.21. The number of hydrogen-bond donors (Lipinski definition) is 3. The van der Waals surface area contributed by atoms with Crippen LogP contribution in [0, 0.1) is 0 Å². The van der Waals surface area contributed by atoms with E-state index in [1.807, 2.05) is 54.7 Å². The van der Waals surface area contributed by atoms with E-state index in [-0.39, 0.29) is 17.9 Å². The lowest BCUT2D eigenvalue weighted by atomic mass is 10.0. The summed E-state index contributed by atoms with van der Waals surface area (Å²) in [6.07, 6.45) is -0.895. The standard InChI is InChI=1S/C31H32F2N4O3/c1-2-31(32,33)40-29-12-9-22(21-7-10-25(11-8-21)37-13-15-39-16-14-37)18-27(29)30(38)36-24(19-34)17-23-20-35-28-6-4-3-5-26(23)28/h2-12,18,20,24,35H,1,13-17,19,34H2,(H,36,38). The Morgan fingerprint density at radius 2 is 1.85 bits per heavy atom. The number of hydrogen-bond acceptors (Lipinski definition) is 5. The summed E-state index contributed by atoms with van der Waals surface area (Å²) in [5, 5.41) is 3.95. The lowest BCUT2D eigenvalue weighted by Gasteiger charge is -2.29. The summed E-state index contributed by atoms with van der Waals surface area (Å²) >= 11 is 0. The number of H-pyrrole nitrogens is 1. The van der Waals surface area contributed by atoms with Crippen molar-refractivity contribution in [3.05, 3.63) is 96.7 Å². The molecule has 4 N–H and O–H groups in total. The summed E-state index contributed by atoms with van der Waals surface area (Å²) in [5.74, 6) is -0.809. The van der Waals surface area contributed by atoms with Crippen LogP contribution in [-0.4, -0.2) is 55.9 Å². The quantitative estimate of drug-likeness (QED) is 0.240. The Bertz CT molecular complexity index is 1480. The number of morpholine rings is 1. The summed E-state index contributed by atoms with van der Waals surface area (Å²) in [7, 11) is 0. The number of nitrogens with zero attached hydrogens (tertiary/aromatic N) is 1. The van der Waals surface area contributed by atoms with Gasteiger partial charge in [0.2, 0.25) is 0 Å². The van der Waals surface area contributed by atoms with E-state index in [0.29, 0.717) is 31.3 Å². The molecule has 0 aliphatic carbocycles. The molecule has 1 atom stereocenters. The normalized spacial score (nSPS) is 14.6. The monoisotopic (exact) mass is 546 g/mol. The second-order valence-corrected chi connectivity index (χ2v) is 9.69. The number of rotatable bonds is 10. The first kappa shape index (κ1) is 27.4. The van der Waals surface area contributed by atoms with Gasteiger partial charge in [-0.2, -0.15) is 8.78 Å². The highest BCUT2D eigenvalue weighted by atomic mass is 19.3. The van der Waals surface area contributed by atoms with Gasteiger partial charge in [-0.05, 0) is 53.4 Å². The molecule has 208 valence electrons. The van der Waals surface area contributed by atoms with Crippen LogP contribution in [0.3, 0.4) is 0 Å². The van der Waals surface area contributed by atoms with Crippen molar-refractivity contribution in [1.29, 1.82) is 0 Å². The molecule has 4 aromatic rings. The molecule has 0 saturated carbocycles. The minimum Gasteiger partial charge on any atom is -0.429 e. The van der Waals surface area contributed by atoms with E-state index in [4.69, 9.17) is 15.2 Å². The maximum absolute atomic E-state index is 14.1. The molecular weight excluding hydrogens is 514 g/mol. The molecule has 0 spiro atoms. The Balaban J connectivity index is 1.40. The second-order valence-electron chi connectivity index (χ2n) is 9.69. The van der Waals surface area contributed by atoms with Crippen LogP contribution in [-0.2, 0) is 11.2 Å². The van der Waals surface area contributed by atoms with E-state index in [9.17, 15) is 13.6 Å². The fourth-order valence-corrected chi connectivity index (χ4v) is 4.87. The van der Waals surface area contributed by atoms with Crippen LogP contribution in [0.25, 0.3) is 22.0 Å². The number of carbonyl (C=O) groups is 1. The Labute approximate surface area is 231 Å². The van der Waals surface area contributed by atoms with Crippen LogP contribution in [0.1, 0.15) is 15.9 Å². The van der Waals surface area contributed by atoms with E-state index in [2.05, 4.69) is 21.8 Å². The highest BCUT2D eigenvalue weighted by Gasteiger charge is 2.29. The third-order valence-electron chi connectivity index (χ3n) is 7.05. The van der Waals surface area contributed by atoms with Gasteiger partial charge in [0.15, 0.2) is 0 Å². The molecule has 1 fully saturated rings. The van der Waals surface area contributed by atoms with Gasteiger partial charge in [0.25, 0.3) is 5.91 Å².